The van der Waals surface area contributed by atoms with E-state index in [2.05, 4.69) is 38.8 Å². The van der Waals surface area contributed by atoms with Crippen molar-refractivity contribution in [3.05, 3.63) is 0 Å². The molecular formula is C41H74N8O10. The van der Waals surface area contributed by atoms with Crippen LogP contribution in [0, 0.1) is 11.3 Å². The molecule has 5 atom stereocenters. The predicted molar refractivity (Wildman–Crippen MR) is 224 cm³/mol. The Balaban J connectivity index is 5.72. The van der Waals surface area contributed by atoms with Gasteiger partial charge in [0.1, 0.15) is 30.0 Å². The number of unbranched alkanes of at least 4 members (excludes halogenated alkanes) is 12. The number of amides is 5. The van der Waals surface area contributed by atoms with Gasteiger partial charge in [0.2, 0.25) is 29.5 Å². The molecule has 0 aliphatic heterocycles. The van der Waals surface area contributed by atoms with Crippen molar-refractivity contribution in [3.8, 4) is 0 Å². The Bertz CT molecular complexity index is 1330. The fraction of sp³-hybridized carbons (Fsp3) is 0.780. The van der Waals surface area contributed by atoms with Gasteiger partial charge in [-0.25, -0.2) is 0 Å². The first-order valence-corrected chi connectivity index (χ1v) is 21.5. The van der Waals surface area contributed by atoms with Gasteiger partial charge in [-0.3, -0.25) is 43.8 Å². The lowest BCUT2D eigenvalue weighted by atomic mass is 9.96. The zero-order valence-corrected chi connectivity index (χ0v) is 35.9. The van der Waals surface area contributed by atoms with Crippen LogP contribution in [0.15, 0.2) is 0 Å². The number of carboxylic acids is 2. The van der Waals surface area contributed by atoms with Crippen LogP contribution >= 0.6 is 0 Å². The molecule has 0 aromatic rings. The molecule has 0 fully saturated rings. The lowest BCUT2D eigenvalue weighted by molar-refractivity contribution is -0.139. The standard InChI is InChI=1S/C41H74N8O10/c1-5-7-8-9-10-11-12-13-14-15-16-17-18-21-33(51)46-32(23-25-35(54)55)38(57)47-30(20-19-26-44-41(42)43)39(58)49-36(28(3)6-2)40(59)48-31(22-24-34(52)53)37(56)45-27-29(4)50/h28,30-32,36H,5-27H2,1-4H3,(H,45,56)(H,46,51)(H,47,57)(H,48,59)(H,49,58)(H,52,53)(H,54,55)(H4,42,43,44)/t28-,30-,31-,32-,36-/m0/s1. The number of carboxylic acid groups (broad SMARTS) is 2. The third-order valence-corrected chi connectivity index (χ3v) is 10.0. The number of aliphatic carboxylic acids is 2. The lowest BCUT2D eigenvalue weighted by Crippen LogP contribution is -2.59. The molecule has 0 bridgehead atoms. The van der Waals surface area contributed by atoms with Gasteiger partial charge in [0.25, 0.3) is 0 Å². The van der Waals surface area contributed by atoms with Crippen molar-refractivity contribution < 1.29 is 48.6 Å². The van der Waals surface area contributed by atoms with Crippen molar-refractivity contribution in [2.75, 3.05) is 13.1 Å². The van der Waals surface area contributed by atoms with Crippen molar-refractivity contribution in [1.82, 2.24) is 31.9 Å². The lowest BCUT2D eigenvalue weighted by Gasteiger charge is -2.29. The van der Waals surface area contributed by atoms with E-state index in [-0.39, 0.29) is 56.9 Å². The minimum absolute atomic E-state index is 0.0139. The second kappa shape index (κ2) is 33.1. The molecule has 0 spiro atoms. The number of hydrogen-bond acceptors (Lipinski definition) is 9. The second-order valence-electron chi connectivity index (χ2n) is 15.4. The number of nitrogens with two attached hydrogens (primary N) is 1. The molecule has 0 saturated heterocycles. The number of guanidine groups is 1. The van der Waals surface area contributed by atoms with E-state index in [4.69, 9.17) is 11.1 Å². The molecule has 0 saturated carbocycles. The van der Waals surface area contributed by atoms with Gasteiger partial charge >= 0.3 is 11.9 Å². The van der Waals surface area contributed by atoms with Crippen molar-refractivity contribution >= 4 is 53.2 Å². The predicted octanol–water partition coefficient (Wildman–Crippen LogP) is 3.15. The summed E-state index contributed by atoms with van der Waals surface area (Å²) < 4.78 is 0. The van der Waals surface area contributed by atoms with Gasteiger partial charge < -0.3 is 47.8 Å². The smallest absolute Gasteiger partial charge is 0.303 e. The topological polar surface area (TPSA) is 299 Å². The van der Waals surface area contributed by atoms with Crippen LogP contribution < -0.4 is 37.6 Å². The molecule has 0 heterocycles. The highest BCUT2D eigenvalue weighted by molar-refractivity contribution is 5.96. The Kier molecular flexibility index (Phi) is 30.4. The Morgan fingerprint density at radius 2 is 1.02 bits per heavy atom. The monoisotopic (exact) mass is 839 g/mol. The van der Waals surface area contributed by atoms with E-state index >= 15 is 0 Å². The summed E-state index contributed by atoms with van der Waals surface area (Å²) in [6, 6.07) is -5.16. The Labute approximate surface area is 350 Å². The molecule has 338 valence electrons. The molecule has 59 heavy (non-hydrogen) atoms. The maximum Gasteiger partial charge on any atom is 0.303 e. The zero-order valence-electron chi connectivity index (χ0n) is 35.9. The molecule has 0 aromatic heterocycles. The van der Waals surface area contributed by atoms with Crippen LogP contribution in [0.1, 0.15) is 163 Å². The Morgan fingerprint density at radius 3 is 1.49 bits per heavy atom. The van der Waals surface area contributed by atoms with Crippen molar-refractivity contribution in [1.29, 1.82) is 5.41 Å². The minimum Gasteiger partial charge on any atom is -0.481 e. The maximum absolute atomic E-state index is 13.8. The van der Waals surface area contributed by atoms with E-state index in [9.17, 15) is 48.6 Å². The van der Waals surface area contributed by atoms with Gasteiger partial charge in [-0.15, -0.1) is 0 Å². The quantitative estimate of drug-likeness (QED) is 0.0247. The highest BCUT2D eigenvalue weighted by Gasteiger charge is 2.33. The van der Waals surface area contributed by atoms with Crippen LogP contribution in [-0.4, -0.2) is 101 Å². The molecule has 18 nitrogen and oxygen atoms in total. The molecule has 0 aromatic carbocycles. The highest BCUT2D eigenvalue weighted by atomic mass is 16.4. The molecular weight excluding hydrogens is 764 g/mol. The van der Waals surface area contributed by atoms with Crippen LogP contribution in [0.4, 0.5) is 0 Å². The molecule has 0 rings (SSSR count). The number of ketones is 1. The summed E-state index contributed by atoms with van der Waals surface area (Å²) >= 11 is 0. The number of nitrogens with one attached hydrogen (secondary N) is 7. The van der Waals surface area contributed by atoms with Crippen LogP contribution in [0.3, 0.4) is 0 Å². The Hall–Kier alpha value is -4.77. The van der Waals surface area contributed by atoms with Crippen molar-refractivity contribution in [2.45, 2.75) is 187 Å². The summed E-state index contributed by atoms with van der Waals surface area (Å²) in [4.78, 5) is 101. The molecule has 0 aliphatic rings. The molecule has 0 aliphatic carbocycles. The van der Waals surface area contributed by atoms with Crippen LogP contribution in [-0.2, 0) is 38.4 Å². The third kappa shape index (κ3) is 28.3. The molecule has 5 amide bonds. The first kappa shape index (κ1) is 54.2. The fourth-order valence-electron chi connectivity index (χ4n) is 6.27. The molecule has 11 N–H and O–H groups in total. The summed E-state index contributed by atoms with van der Waals surface area (Å²) in [5.41, 5.74) is 5.38. The second-order valence-corrected chi connectivity index (χ2v) is 15.4. The summed E-state index contributed by atoms with van der Waals surface area (Å²) in [5, 5.41) is 41.3. The first-order valence-electron chi connectivity index (χ1n) is 21.5. The van der Waals surface area contributed by atoms with E-state index < -0.39 is 84.4 Å². The SMILES string of the molecule is CCCCCCCCCCCCCCCC(=O)N[C@@H](CCC(=O)O)C(=O)N[C@@H](CCCNC(=N)N)C(=O)N[C@H](C(=O)N[C@@H](CCC(=O)O)C(=O)NCC(C)=O)[C@@H](C)CC. The van der Waals surface area contributed by atoms with Gasteiger partial charge in [0.15, 0.2) is 5.96 Å². The van der Waals surface area contributed by atoms with E-state index in [1.807, 2.05) is 0 Å². The Morgan fingerprint density at radius 1 is 0.559 bits per heavy atom. The van der Waals surface area contributed by atoms with Gasteiger partial charge in [-0.1, -0.05) is 104 Å². The molecule has 0 radical (unpaired) electrons. The number of carbonyl (C=O) groups excluding carboxylic acids is 6. The zero-order chi connectivity index (χ0) is 44.6. The van der Waals surface area contributed by atoms with E-state index in [0.29, 0.717) is 12.8 Å². The summed E-state index contributed by atoms with van der Waals surface area (Å²) in [6.07, 6.45) is 14.1. The molecule has 0 unspecified atom stereocenters. The van der Waals surface area contributed by atoms with Gasteiger partial charge in [-0.2, -0.15) is 0 Å². The number of hydrogen-bond donors (Lipinski definition) is 10. The van der Waals surface area contributed by atoms with Crippen molar-refractivity contribution in [3.63, 3.8) is 0 Å². The van der Waals surface area contributed by atoms with E-state index in [0.717, 1.165) is 25.7 Å². The number of rotatable bonds is 36. The van der Waals surface area contributed by atoms with Crippen LogP contribution in [0.2, 0.25) is 0 Å². The summed E-state index contributed by atoms with van der Waals surface area (Å²) in [5.74, 6) is -7.19. The van der Waals surface area contributed by atoms with E-state index in [1.165, 1.54) is 58.3 Å². The first-order chi connectivity index (χ1) is 28.0. The van der Waals surface area contributed by atoms with Gasteiger partial charge in [-0.05, 0) is 44.9 Å². The average molecular weight is 839 g/mol. The van der Waals surface area contributed by atoms with Gasteiger partial charge in [0, 0.05) is 25.8 Å². The highest BCUT2D eigenvalue weighted by Crippen LogP contribution is 2.14. The van der Waals surface area contributed by atoms with Crippen LogP contribution in [0.25, 0.3) is 0 Å². The number of carbonyl (C=O) groups is 8. The maximum atomic E-state index is 13.8. The van der Waals surface area contributed by atoms with E-state index in [1.54, 1.807) is 13.8 Å². The minimum atomic E-state index is -1.34. The summed E-state index contributed by atoms with van der Waals surface area (Å²) in [7, 11) is 0. The fourth-order valence-corrected chi connectivity index (χ4v) is 6.27. The van der Waals surface area contributed by atoms with Gasteiger partial charge in [0.05, 0.1) is 6.54 Å². The normalized spacial score (nSPS) is 13.4. The van der Waals surface area contributed by atoms with Crippen LogP contribution in [0.5, 0.6) is 0 Å². The summed E-state index contributed by atoms with van der Waals surface area (Å²) in [6.45, 7) is 6.71. The third-order valence-electron chi connectivity index (χ3n) is 10.0. The average Bonchev–Trinajstić information content (AvgIpc) is 3.18. The largest absolute Gasteiger partial charge is 0.481 e. The molecule has 18 heteroatoms. The number of Topliss-reactive ketones (excluding diaryl/α,β-unsaturated/α-hetero) is 1. The van der Waals surface area contributed by atoms with Crippen molar-refractivity contribution in [2.24, 2.45) is 11.7 Å².